The zero-order valence-corrected chi connectivity index (χ0v) is 13.2. The van der Waals surface area contributed by atoms with Crippen LogP contribution in [-0.4, -0.2) is 39.1 Å². The van der Waals surface area contributed by atoms with E-state index in [2.05, 4.69) is 43.2 Å². The number of amides is 1. The van der Waals surface area contributed by atoms with Gasteiger partial charge in [0.1, 0.15) is 0 Å². The zero-order chi connectivity index (χ0) is 15.0. The molecule has 114 valence electrons. The summed E-state index contributed by atoms with van der Waals surface area (Å²) in [6.07, 6.45) is 0. The maximum atomic E-state index is 13.0. The number of para-hydroxylation sites is 2. The number of fused-ring (bicyclic) bond motifs is 1. The smallest absolute Gasteiger partial charge is 0.230 e. The van der Waals surface area contributed by atoms with Gasteiger partial charge >= 0.3 is 0 Å². The summed E-state index contributed by atoms with van der Waals surface area (Å²) in [5.41, 5.74) is 2.22. The van der Waals surface area contributed by atoms with Crippen molar-refractivity contribution in [3.8, 4) is 0 Å². The van der Waals surface area contributed by atoms with Crippen LogP contribution in [0.5, 0.6) is 0 Å². The Morgan fingerprint density at radius 1 is 1.24 bits per heavy atom. The average Bonchev–Trinajstić information content (AvgIpc) is 2.53. The van der Waals surface area contributed by atoms with Gasteiger partial charge in [-0.1, -0.05) is 26.0 Å². The molecule has 2 unspecified atom stereocenters. The van der Waals surface area contributed by atoms with E-state index in [1.54, 1.807) is 0 Å². The Morgan fingerprint density at radius 2 is 1.90 bits per heavy atom. The van der Waals surface area contributed by atoms with Crippen LogP contribution in [0.2, 0.25) is 0 Å². The number of nitrogens with one attached hydrogen (secondary N) is 1. The molecule has 1 saturated heterocycles. The second-order valence-electron chi connectivity index (χ2n) is 6.63. The van der Waals surface area contributed by atoms with E-state index in [4.69, 9.17) is 0 Å². The van der Waals surface area contributed by atoms with Crippen molar-refractivity contribution in [2.24, 2.45) is 17.8 Å². The minimum Gasteiger partial charge on any atom is -0.373 e. The standard InChI is InChI=1S/C17H25N3O/c1-12-10-19(3)15-6-4-5-7-16(15)20(11-12)17(21)13(2)14-8-18-9-14/h4-7,12-14,18H,8-11H2,1-3H3. The minimum atomic E-state index is 0.0925. The summed E-state index contributed by atoms with van der Waals surface area (Å²) in [5.74, 6) is 1.32. The summed E-state index contributed by atoms with van der Waals surface area (Å²) in [5, 5.41) is 3.27. The molecule has 2 atom stereocenters. The van der Waals surface area contributed by atoms with Crippen molar-refractivity contribution in [1.29, 1.82) is 0 Å². The highest BCUT2D eigenvalue weighted by Gasteiger charge is 2.34. The lowest BCUT2D eigenvalue weighted by atomic mass is 9.87. The van der Waals surface area contributed by atoms with Gasteiger partial charge in [-0.15, -0.1) is 0 Å². The Labute approximate surface area is 127 Å². The number of carbonyl (C=O) groups excluding carboxylic acids is 1. The molecule has 4 heteroatoms. The molecule has 0 spiro atoms. The van der Waals surface area contributed by atoms with Crippen LogP contribution in [0.3, 0.4) is 0 Å². The minimum absolute atomic E-state index is 0.0925. The number of rotatable bonds is 2. The van der Waals surface area contributed by atoms with Crippen molar-refractivity contribution in [2.75, 3.05) is 43.0 Å². The average molecular weight is 287 g/mol. The molecule has 1 amide bonds. The molecule has 0 bridgehead atoms. The van der Waals surface area contributed by atoms with Crippen molar-refractivity contribution >= 4 is 17.3 Å². The third-order valence-electron chi connectivity index (χ3n) is 4.84. The topological polar surface area (TPSA) is 35.6 Å². The number of anilines is 2. The first-order valence-corrected chi connectivity index (χ1v) is 7.90. The molecular formula is C17H25N3O. The first-order valence-electron chi connectivity index (χ1n) is 7.90. The third-order valence-corrected chi connectivity index (χ3v) is 4.84. The molecule has 0 radical (unpaired) electrons. The molecule has 2 aliphatic rings. The van der Waals surface area contributed by atoms with Crippen molar-refractivity contribution < 1.29 is 4.79 Å². The van der Waals surface area contributed by atoms with Crippen LogP contribution < -0.4 is 15.1 Å². The molecule has 1 aromatic carbocycles. The van der Waals surface area contributed by atoms with Gasteiger partial charge in [-0.2, -0.15) is 0 Å². The summed E-state index contributed by atoms with van der Waals surface area (Å²) in [7, 11) is 2.11. The van der Waals surface area contributed by atoms with E-state index in [1.165, 1.54) is 0 Å². The zero-order valence-electron chi connectivity index (χ0n) is 13.2. The van der Waals surface area contributed by atoms with E-state index in [-0.39, 0.29) is 11.8 Å². The van der Waals surface area contributed by atoms with E-state index < -0.39 is 0 Å². The molecule has 0 aliphatic carbocycles. The van der Waals surface area contributed by atoms with Crippen molar-refractivity contribution in [2.45, 2.75) is 13.8 Å². The van der Waals surface area contributed by atoms with Crippen LogP contribution in [0.4, 0.5) is 11.4 Å². The van der Waals surface area contributed by atoms with Gasteiger partial charge in [-0.25, -0.2) is 0 Å². The van der Waals surface area contributed by atoms with Crippen molar-refractivity contribution in [3.05, 3.63) is 24.3 Å². The quantitative estimate of drug-likeness (QED) is 0.903. The summed E-state index contributed by atoms with van der Waals surface area (Å²) < 4.78 is 0. The molecule has 1 aromatic rings. The van der Waals surface area contributed by atoms with Gasteiger partial charge in [0.25, 0.3) is 0 Å². The van der Waals surface area contributed by atoms with Gasteiger partial charge in [0, 0.05) is 26.1 Å². The molecule has 0 saturated carbocycles. The largest absolute Gasteiger partial charge is 0.373 e. The van der Waals surface area contributed by atoms with Crippen LogP contribution in [-0.2, 0) is 4.79 Å². The van der Waals surface area contributed by atoms with Gasteiger partial charge in [0.15, 0.2) is 0 Å². The monoisotopic (exact) mass is 287 g/mol. The maximum Gasteiger partial charge on any atom is 0.230 e. The Morgan fingerprint density at radius 3 is 2.52 bits per heavy atom. The predicted molar refractivity (Wildman–Crippen MR) is 86.8 cm³/mol. The maximum absolute atomic E-state index is 13.0. The molecule has 2 heterocycles. The van der Waals surface area contributed by atoms with Gasteiger partial charge in [-0.05, 0) is 37.1 Å². The molecule has 21 heavy (non-hydrogen) atoms. The fourth-order valence-corrected chi connectivity index (χ4v) is 3.37. The summed E-state index contributed by atoms with van der Waals surface area (Å²) in [6, 6.07) is 8.27. The van der Waals surface area contributed by atoms with Gasteiger partial charge < -0.3 is 15.1 Å². The number of carbonyl (C=O) groups is 1. The first-order chi connectivity index (χ1) is 10.1. The first kappa shape index (κ1) is 14.4. The molecular weight excluding hydrogens is 262 g/mol. The molecule has 3 rings (SSSR count). The van der Waals surface area contributed by atoms with E-state index in [0.717, 1.165) is 37.6 Å². The lowest BCUT2D eigenvalue weighted by Crippen LogP contribution is -2.51. The summed E-state index contributed by atoms with van der Waals surface area (Å²) in [6.45, 7) is 8.04. The molecule has 0 aromatic heterocycles. The van der Waals surface area contributed by atoms with Gasteiger partial charge in [0.05, 0.1) is 11.4 Å². The van der Waals surface area contributed by atoms with Crippen LogP contribution in [0.15, 0.2) is 24.3 Å². The number of nitrogens with zero attached hydrogens (tertiary/aromatic N) is 2. The van der Waals surface area contributed by atoms with Crippen LogP contribution in [0.25, 0.3) is 0 Å². The normalized spacial score (nSPS) is 24.0. The fourth-order valence-electron chi connectivity index (χ4n) is 3.37. The van der Waals surface area contributed by atoms with Crippen LogP contribution in [0, 0.1) is 17.8 Å². The Bertz CT molecular complexity index is 527. The number of benzene rings is 1. The third kappa shape index (κ3) is 2.64. The van der Waals surface area contributed by atoms with Gasteiger partial charge in [-0.3, -0.25) is 4.79 Å². The highest BCUT2D eigenvalue weighted by molar-refractivity contribution is 5.98. The Balaban J connectivity index is 1.92. The molecule has 1 N–H and O–H groups in total. The van der Waals surface area contributed by atoms with E-state index in [1.807, 2.05) is 17.0 Å². The van der Waals surface area contributed by atoms with E-state index >= 15 is 0 Å². The fraction of sp³-hybridized carbons (Fsp3) is 0.588. The summed E-state index contributed by atoms with van der Waals surface area (Å²) >= 11 is 0. The Hall–Kier alpha value is -1.55. The highest BCUT2D eigenvalue weighted by atomic mass is 16.2. The molecule has 2 aliphatic heterocycles. The van der Waals surface area contributed by atoms with Crippen molar-refractivity contribution in [3.63, 3.8) is 0 Å². The molecule has 1 fully saturated rings. The SMILES string of the molecule is CC1CN(C)c2ccccc2N(C(=O)C(C)C2CNC2)C1. The number of hydrogen-bond donors (Lipinski definition) is 1. The van der Waals surface area contributed by atoms with E-state index in [0.29, 0.717) is 11.8 Å². The second-order valence-corrected chi connectivity index (χ2v) is 6.63. The van der Waals surface area contributed by atoms with Crippen LogP contribution in [0.1, 0.15) is 13.8 Å². The van der Waals surface area contributed by atoms with Crippen LogP contribution >= 0.6 is 0 Å². The van der Waals surface area contributed by atoms with E-state index in [9.17, 15) is 4.79 Å². The molecule has 4 nitrogen and oxygen atoms in total. The van der Waals surface area contributed by atoms with Crippen molar-refractivity contribution in [1.82, 2.24) is 5.32 Å². The number of hydrogen-bond acceptors (Lipinski definition) is 3. The predicted octanol–water partition coefficient (Wildman–Crippen LogP) is 1.96. The second kappa shape index (κ2) is 5.68. The highest BCUT2D eigenvalue weighted by Crippen LogP contribution is 2.34. The lowest BCUT2D eigenvalue weighted by molar-refractivity contribution is -0.124. The Kier molecular flexibility index (Phi) is 3.89. The van der Waals surface area contributed by atoms with Gasteiger partial charge in [0.2, 0.25) is 5.91 Å². The summed E-state index contributed by atoms with van der Waals surface area (Å²) in [4.78, 5) is 17.3. The lowest BCUT2D eigenvalue weighted by Gasteiger charge is -2.35.